The molecular weight excluding hydrogens is 430 g/mol. The van der Waals surface area contributed by atoms with Gasteiger partial charge in [-0.15, -0.1) is 0 Å². The van der Waals surface area contributed by atoms with E-state index < -0.39 is 72.2 Å². The molecule has 0 spiro atoms. The van der Waals surface area contributed by atoms with Crippen LogP contribution in [0.4, 0.5) is 0 Å². The zero-order valence-electron chi connectivity index (χ0n) is 18.1. The molecule has 0 saturated carbocycles. The number of aliphatic hydroxyl groups is 1. The Kier molecular flexibility index (Phi) is 12.8. The highest BCUT2D eigenvalue weighted by Gasteiger charge is 2.33. The molecule has 12 nitrogen and oxygen atoms in total. The summed E-state index contributed by atoms with van der Waals surface area (Å²) in [7, 11) is 0. The number of primary amides is 1. The van der Waals surface area contributed by atoms with Crippen LogP contribution >= 0.6 is 11.8 Å². The molecule has 0 fully saturated rings. The first kappa shape index (κ1) is 28.6. The maximum atomic E-state index is 12.6. The molecule has 0 aromatic carbocycles. The van der Waals surface area contributed by atoms with Gasteiger partial charge in [-0.2, -0.15) is 11.8 Å². The van der Waals surface area contributed by atoms with Gasteiger partial charge in [-0.3, -0.25) is 19.2 Å². The molecule has 178 valence electrons. The molecule has 4 amide bonds. The third-order valence-electron chi connectivity index (χ3n) is 4.30. The van der Waals surface area contributed by atoms with Gasteiger partial charge in [0.2, 0.25) is 23.6 Å². The second kappa shape index (κ2) is 13.8. The molecule has 0 saturated heterocycles. The van der Waals surface area contributed by atoms with Crippen molar-refractivity contribution in [2.45, 2.75) is 63.9 Å². The lowest BCUT2D eigenvalue weighted by Crippen LogP contribution is -2.60. The number of nitrogens with two attached hydrogens (primary N) is 2. The van der Waals surface area contributed by atoms with E-state index in [0.717, 1.165) is 0 Å². The van der Waals surface area contributed by atoms with E-state index in [9.17, 15) is 34.2 Å². The van der Waals surface area contributed by atoms with Crippen LogP contribution in [0.2, 0.25) is 0 Å². The van der Waals surface area contributed by atoms with Crippen molar-refractivity contribution >= 4 is 41.4 Å². The van der Waals surface area contributed by atoms with Gasteiger partial charge in [-0.05, 0) is 31.3 Å². The fourth-order valence-electron chi connectivity index (χ4n) is 2.48. The number of amides is 4. The zero-order valence-corrected chi connectivity index (χ0v) is 18.9. The van der Waals surface area contributed by atoms with Crippen LogP contribution in [0.25, 0.3) is 0 Å². The smallest absolute Gasteiger partial charge is 0.326 e. The molecule has 0 rings (SSSR count). The van der Waals surface area contributed by atoms with Crippen LogP contribution in [0.3, 0.4) is 0 Å². The number of nitrogens with one attached hydrogen (secondary N) is 3. The minimum Gasteiger partial charge on any atom is -0.480 e. The summed E-state index contributed by atoms with van der Waals surface area (Å²) in [5, 5.41) is 25.9. The summed E-state index contributed by atoms with van der Waals surface area (Å²) in [6.45, 7) is 4.39. The predicted molar refractivity (Wildman–Crippen MR) is 115 cm³/mol. The summed E-state index contributed by atoms with van der Waals surface area (Å²) >= 11 is 1.49. The van der Waals surface area contributed by atoms with Crippen LogP contribution in [0, 0.1) is 5.92 Å². The fourth-order valence-corrected chi connectivity index (χ4v) is 2.97. The number of aliphatic hydroxyl groups excluding tert-OH is 1. The minimum absolute atomic E-state index is 0.347. The lowest BCUT2D eigenvalue weighted by molar-refractivity contribution is -0.143. The molecule has 31 heavy (non-hydrogen) atoms. The van der Waals surface area contributed by atoms with Gasteiger partial charge in [0, 0.05) is 0 Å². The summed E-state index contributed by atoms with van der Waals surface area (Å²) in [5.74, 6) is -4.65. The van der Waals surface area contributed by atoms with Crippen molar-refractivity contribution in [1.82, 2.24) is 16.0 Å². The van der Waals surface area contributed by atoms with Gasteiger partial charge < -0.3 is 37.6 Å². The number of thioether (sulfide) groups is 1. The molecule has 13 heteroatoms. The van der Waals surface area contributed by atoms with Crippen molar-refractivity contribution in [3.8, 4) is 0 Å². The number of rotatable bonds is 14. The van der Waals surface area contributed by atoms with Gasteiger partial charge in [0.15, 0.2) is 0 Å². The molecule has 9 N–H and O–H groups in total. The second-order valence-electron chi connectivity index (χ2n) is 7.41. The lowest BCUT2D eigenvalue weighted by atomic mass is 10.0. The van der Waals surface area contributed by atoms with Crippen molar-refractivity contribution in [3.63, 3.8) is 0 Å². The van der Waals surface area contributed by atoms with Gasteiger partial charge in [0.05, 0.1) is 18.6 Å². The van der Waals surface area contributed by atoms with Gasteiger partial charge >= 0.3 is 5.97 Å². The summed E-state index contributed by atoms with van der Waals surface area (Å²) < 4.78 is 0. The fraction of sp³-hybridized carbons (Fsp3) is 0.722. The van der Waals surface area contributed by atoms with E-state index in [1.807, 2.05) is 6.26 Å². The topological polar surface area (TPSA) is 214 Å². The molecule has 5 unspecified atom stereocenters. The molecule has 0 radical (unpaired) electrons. The molecule has 0 aliphatic heterocycles. The van der Waals surface area contributed by atoms with Crippen molar-refractivity contribution in [2.24, 2.45) is 17.4 Å². The Balaban J connectivity index is 5.39. The van der Waals surface area contributed by atoms with Crippen molar-refractivity contribution < 1.29 is 34.2 Å². The molecule has 0 aliphatic carbocycles. The van der Waals surface area contributed by atoms with Crippen LogP contribution in [-0.4, -0.2) is 82.1 Å². The van der Waals surface area contributed by atoms with Crippen molar-refractivity contribution in [3.05, 3.63) is 0 Å². The van der Waals surface area contributed by atoms with E-state index in [-0.39, 0.29) is 0 Å². The van der Waals surface area contributed by atoms with E-state index in [4.69, 9.17) is 11.5 Å². The largest absolute Gasteiger partial charge is 0.480 e. The third-order valence-corrected chi connectivity index (χ3v) is 4.95. The number of carboxylic acid groups (broad SMARTS) is 1. The quantitative estimate of drug-likeness (QED) is 0.145. The molecule has 0 aromatic heterocycles. The molecule has 5 atom stereocenters. The highest BCUT2D eigenvalue weighted by Crippen LogP contribution is 2.05. The normalized spacial score (nSPS) is 15.8. The number of hydrogen-bond donors (Lipinski definition) is 7. The molecular formula is C18H33N5O7S. The number of carbonyl (C=O) groups excluding carboxylic acids is 4. The van der Waals surface area contributed by atoms with Crippen molar-refractivity contribution in [2.75, 3.05) is 12.0 Å². The Morgan fingerprint density at radius 3 is 1.90 bits per heavy atom. The average molecular weight is 464 g/mol. The lowest BCUT2D eigenvalue weighted by Gasteiger charge is -2.26. The first-order valence-electron chi connectivity index (χ1n) is 9.66. The third kappa shape index (κ3) is 10.5. The van der Waals surface area contributed by atoms with Gasteiger partial charge in [0.25, 0.3) is 0 Å². The summed E-state index contributed by atoms with van der Waals surface area (Å²) in [6.07, 6.45) is 0.223. The highest BCUT2D eigenvalue weighted by molar-refractivity contribution is 7.98. The Morgan fingerprint density at radius 1 is 0.935 bits per heavy atom. The van der Waals surface area contributed by atoms with Crippen LogP contribution in [0.5, 0.6) is 0 Å². The van der Waals surface area contributed by atoms with E-state index in [0.29, 0.717) is 12.2 Å². The molecule has 0 bridgehead atoms. The SMILES string of the molecule is CSCCC(N)C(=O)NC(C(=O)NC(CC(N)=O)C(=O)NC(C(=O)O)C(C)C)C(C)O. The van der Waals surface area contributed by atoms with Crippen LogP contribution < -0.4 is 27.4 Å². The first-order valence-corrected chi connectivity index (χ1v) is 11.1. The molecule has 0 heterocycles. The van der Waals surface area contributed by atoms with Crippen molar-refractivity contribution in [1.29, 1.82) is 0 Å². The standard InChI is InChI=1S/C18H33N5O7S/c1-8(2)13(18(29)30)22-16(27)11(7-12(20)25)21-17(28)14(9(3)24)23-15(26)10(19)5-6-31-4/h8-11,13-14,24H,5-7,19H2,1-4H3,(H2,20,25)(H,21,28)(H,22,27)(H,23,26)(H,29,30). The zero-order chi connectivity index (χ0) is 24.3. The van der Waals surface area contributed by atoms with E-state index >= 15 is 0 Å². The number of carboxylic acids is 1. The number of carbonyl (C=O) groups is 5. The van der Waals surface area contributed by atoms with E-state index in [1.165, 1.54) is 18.7 Å². The van der Waals surface area contributed by atoms with E-state index in [1.54, 1.807) is 13.8 Å². The van der Waals surface area contributed by atoms with Gasteiger partial charge in [-0.1, -0.05) is 13.8 Å². The maximum absolute atomic E-state index is 12.6. The van der Waals surface area contributed by atoms with E-state index in [2.05, 4.69) is 16.0 Å². The Labute approximate surface area is 185 Å². The van der Waals surface area contributed by atoms with Crippen LogP contribution in [0.1, 0.15) is 33.6 Å². The van der Waals surface area contributed by atoms with Gasteiger partial charge in [0.1, 0.15) is 18.1 Å². The van der Waals surface area contributed by atoms with Crippen LogP contribution in [0.15, 0.2) is 0 Å². The second-order valence-corrected chi connectivity index (χ2v) is 8.40. The summed E-state index contributed by atoms with van der Waals surface area (Å²) in [5.41, 5.74) is 10.9. The number of hydrogen-bond acceptors (Lipinski definition) is 8. The maximum Gasteiger partial charge on any atom is 0.326 e. The summed E-state index contributed by atoms with van der Waals surface area (Å²) in [6, 6.07) is -5.14. The molecule has 0 aromatic rings. The monoisotopic (exact) mass is 463 g/mol. The Bertz CT molecular complexity index is 659. The summed E-state index contributed by atoms with van der Waals surface area (Å²) in [4.78, 5) is 60.0. The number of aliphatic carboxylic acids is 1. The molecule has 0 aliphatic rings. The predicted octanol–water partition coefficient (Wildman–Crippen LogP) is -2.48. The highest BCUT2D eigenvalue weighted by atomic mass is 32.2. The van der Waals surface area contributed by atoms with Gasteiger partial charge in [-0.25, -0.2) is 4.79 Å². The Hall–Kier alpha value is -2.38. The average Bonchev–Trinajstić information content (AvgIpc) is 2.65. The van der Waals surface area contributed by atoms with Crippen LogP contribution in [-0.2, 0) is 24.0 Å². The first-order chi connectivity index (χ1) is 14.3. The Morgan fingerprint density at radius 2 is 1.48 bits per heavy atom. The minimum atomic E-state index is -1.51.